The molecule has 0 unspecified atom stereocenters. The lowest BCUT2D eigenvalue weighted by Crippen LogP contribution is -2.35. The smallest absolute Gasteiger partial charge is 0.323 e. The number of carboxylic acid groups (broad SMARTS) is 1. The van der Waals surface area contributed by atoms with Crippen molar-refractivity contribution in [2.45, 2.75) is 0 Å². The number of amides is 1. The maximum atomic E-state index is 12.0. The Labute approximate surface area is 103 Å². The average molecular weight is 253 g/mol. The van der Waals surface area contributed by atoms with Gasteiger partial charge in [-0.25, -0.2) is 0 Å². The summed E-state index contributed by atoms with van der Waals surface area (Å²) in [5.74, 6) is 1.14. The minimum Gasteiger partial charge on any atom is -0.495 e. The minimum absolute atomic E-state index is 0.0494. The fraction of sp³-hybridized carbons (Fsp3) is 0.273. The first-order valence-corrected chi connectivity index (χ1v) is 5.54. The molecule has 0 saturated heterocycles. The number of terminal acetylenes is 1. The van der Waals surface area contributed by atoms with Gasteiger partial charge in [0.2, 0.25) is 0 Å². The Hall–Kier alpha value is -2.00. The van der Waals surface area contributed by atoms with Crippen molar-refractivity contribution in [1.29, 1.82) is 0 Å². The Balaban J connectivity index is 2.92. The highest BCUT2D eigenvalue weighted by atomic mass is 32.1. The predicted octanol–water partition coefficient (Wildman–Crippen LogP) is 0.917. The van der Waals surface area contributed by atoms with Crippen molar-refractivity contribution in [1.82, 2.24) is 4.90 Å². The molecule has 1 amide bonds. The van der Waals surface area contributed by atoms with E-state index in [1.54, 1.807) is 11.4 Å². The number of ether oxygens (including phenoxy) is 1. The molecule has 6 heteroatoms. The Kier molecular flexibility index (Phi) is 4.55. The summed E-state index contributed by atoms with van der Waals surface area (Å²) in [5.41, 5.74) is 0. The van der Waals surface area contributed by atoms with E-state index in [0.717, 1.165) is 4.90 Å². The number of nitrogens with zero attached hydrogens (tertiary/aromatic N) is 1. The van der Waals surface area contributed by atoms with E-state index in [9.17, 15) is 9.59 Å². The van der Waals surface area contributed by atoms with Crippen LogP contribution in [0.3, 0.4) is 0 Å². The molecule has 0 aromatic carbocycles. The maximum absolute atomic E-state index is 12.0. The third-order valence-electron chi connectivity index (χ3n) is 1.94. The lowest BCUT2D eigenvalue weighted by molar-refractivity contribution is -0.137. The summed E-state index contributed by atoms with van der Waals surface area (Å²) in [5, 5.41) is 10.4. The molecule has 1 rings (SSSR count). The fourth-order valence-corrected chi connectivity index (χ4v) is 2.06. The zero-order valence-electron chi connectivity index (χ0n) is 9.17. The largest absolute Gasteiger partial charge is 0.495 e. The Morgan fingerprint density at radius 1 is 1.65 bits per heavy atom. The van der Waals surface area contributed by atoms with Crippen LogP contribution < -0.4 is 4.74 Å². The highest BCUT2D eigenvalue weighted by Crippen LogP contribution is 2.25. The molecule has 0 bridgehead atoms. The van der Waals surface area contributed by atoms with Gasteiger partial charge < -0.3 is 14.7 Å². The van der Waals surface area contributed by atoms with Crippen LogP contribution in [-0.4, -0.2) is 42.1 Å². The van der Waals surface area contributed by atoms with Gasteiger partial charge >= 0.3 is 5.97 Å². The van der Waals surface area contributed by atoms with Gasteiger partial charge in [0.25, 0.3) is 5.91 Å². The van der Waals surface area contributed by atoms with Gasteiger partial charge in [-0.2, -0.15) is 0 Å². The van der Waals surface area contributed by atoms with E-state index in [2.05, 4.69) is 5.92 Å². The first-order valence-electron chi connectivity index (χ1n) is 4.66. The van der Waals surface area contributed by atoms with Crippen LogP contribution >= 0.6 is 11.3 Å². The molecule has 5 nitrogen and oxygen atoms in total. The summed E-state index contributed by atoms with van der Waals surface area (Å²) < 4.78 is 5.00. The summed E-state index contributed by atoms with van der Waals surface area (Å²) in [4.78, 5) is 24.1. The van der Waals surface area contributed by atoms with Crippen molar-refractivity contribution in [3.63, 3.8) is 0 Å². The molecule has 0 fully saturated rings. The van der Waals surface area contributed by atoms with Gasteiger partial charge in [0.05, 0.1) is 13.7 Å². The summed E-state index contributed by atoms with van der Waals surface area (Å²) in [6.07, 6.45) is 5.10. The normalized spacial score (nSPS) is 9.41. The van der Waals surface area contributed by atoms with E-state index in [1.807, 2.05) is 0 Å². The number of hydrogen-bond acceptors (Lipinski definition) is 4. The topological polar surface area (TPSA) is 66.8 Å². The molecule has 0 aliphatic carbocycles. The van der Waals surface area contributed by atoms with Crippen molar-refractivity contribution >= 4 is 23.2 Å². The van der Waals surface area contributed by atoms with E-state index >= 15 is 0 Å². The predicted molar refractivity (Wildman–Crippen MR) is 63.2 cm³/mol. The van der Waals surface area contributed by atoms with E-state index in [4.69, 9.17) is 16.3 Å². The summed E-state index contributed by atoms with van der Waals surface area (Å²) in [7, 11) is 1.45. The minimum atomic E-state index is -1.11. The van der Waals surface area contributed by atoms with Crippen molar-refractivity contribution in [3.05, 3.63) is 16.3 Å². The van der Waals surface area contributed by atoms with E-state index in [1.165, 1.54) is 18.4 Å². The quantitative estimate of drug-likeness (QED) is 0.792. The zero-order valence-corrected chi connectivity index (χ0v) is 9.99. The van der Waals surface area contributed by atoms with E-state index in [-0.39, 0.29) is 6.54 Å². The second-order valence-corrected chi connectivity index (χ2v) is 3.99. The summed E-state index contributed by atoms with van der Waals surface area (Å²) in [6, 6.07) is 1.65. The van der Waals surface area contributed by atoms with Crippen LogP contribution in [0.2, 0.25) is 0 Å². The molecular weight excluding hydrogens is 242 g/mol. The number of methoxy groups -OCH3 is 1. The van der Waals surface area contributed by atoms with Crippen LogP contribution in [-0.2, 0) is 4.79 Å². The Morgan fingerprint density at radius 2 is 2.35 bits per heavy atom. The monoisotopic (exact) mass is 253 g/mol. The van der Waals surface area contributed by atoms with Crippen LogP contribution in [0.25, 0.3) is 0 Å². The van der Waals surface area contributed by atoms with E-state index in [0.29, 0.717) is 10.6 Å². The molecule has 0 atom stereocenters. The number of carboxylic acids is 1. The SMILES string of the molecule is C#CCN(CC(=O)O)C(=O)c1sccc1OC. The maximum Gasteiger partial charge on any atom is 0.323 e. The van der Waals surface area contributed by atoms with Crippen molar-refractivity contribution in [3.8, 4) is 18.1 Å². The first kappa shape index (κ1) is 13.1. The molecular formula is C11H11NO4S. The second-order valence-electron chi connectivity index (χ2n) is 3.08. The zero-order chi connectivity index (χ0) is 12.8. The summed E-state index contributed by atoms with van der Waals surface area (Å²) in [6.45, 7) is -0.476. The molecule has 1 N–H and O–H groups in total. The van der Waals surface area contributed by atoms with Gasteiger partial charge in [-0.05, 0) is 11.4 Å². The van der Waals surface area contributed by atoms with Crippen LogP contribution in [0, 0.1) is 12.3 Å². The molecule has 0 saturated carbocycles. The second kappa shape index (κ2) is 5.92. The number of thiophene rings is 1. The average Bonchev–Trinajstić information content (AvgIpc) is 2.74. The molecule has 0 radical (unpaired) electrons. The number of carbonyl (C=O) groups excluding carboxylic acids is 1. The number of rotatable bonds is 5. The Bertz CT molecular complexity index is 460. The molecule has 0 aliphatic heterocycles. The van der Waals surface area contributed by atoms with Gasteiger partial charge in [0.1, 0.15) is 17.2 Å². The molecule has 1 aromatic heterocycles. The van der Waals surface area contributed by atoms with Gasteiger partial charge in [-0.1, -0.05) is 5.92 Å². The van der Waals surface area contributed by atoms with Gasteiger partial charge in [0.15, 0.2) is 0 Å². The molecule has 0 aliphatic rings. The highest BCUT2D eigenvalue weighted by Gasteiger charge is 2.22. The van der Waals surface area contributed by atoms with Gasteiger partial charge in [-0.3, -0.25) is 9.59 Å². The van der Waals surface area contributed by atoms with Crippen LogP contribution in [0.15, 0.2) is 11.4 Å². The lowest BCUT2D eigenvalue weighted by Gasteiger charge is -2.17. The number of carbonyl (C=O) groups is 2. The molecule has 90 valence electrons. The molecule has 17 heavy (non-hydrogen) atoms. The molecule has 1 heterocycles. The van der Waals surface area contributed by atoms with Crippen LogP contribution in [0.4, 0.5) is 0 Å². The number of aliphatic carboxylic acids is 1. The standard InChI is InChI=1S/C11H11NO4S/c1-3-5-12(7-9(13)14)11(15)10-8(16-2)4-6-17-10/h1,4,6H,5,7H2,2H3,(H,13,14). The first-order chi connectivity index (χ1) is 8.10. The highest BCUT2D eigenvalue weighted by molar-refractivity contribution is 7.12. The third kappa shape index (κ3) is 3.23. The van der Waals surface area contributed by atoms with Crippen LogP contribution in [0.1, 0.15) is 9.67 Å². The van der Waals surface area contributed by atoms with Crippen molar-refractivity contribution in [2.75, 3.05) is 20.2 Å². The molecule has 0 spiro atoms. The third-order valence-corrected chi connectivity index (χ3v) is 2.82. The lowest BCUT2D eigenvalue weighted by atomic mass is 10.3. The van der Waals surface area contributed by atoms with Crippen LogP contribution in [0.5, 0.6) is 5.75 Å². The molecule has 1 aromatic rings. The van der Waals surface area contributed by atoms with Crippen molar-refractivity contribution in [2.24, 2.45) is 0 Å². The fourth-order valence-electron chi connectivity index (χ4n) is 1.23. The number of hydrogen-bond donors (Lipinski definition) is 1. The summed E-state index contributed by atoms with van der Waals surface area (Å²) >= 11 is 1.19. The van der Waals surface area contributed by atoms with Gasteiger partial charge in [0, 0.05) is 0 Å². The van der Waals surface area contributed by atoms with E-state index < -0.39 is 18.4 Å². The van der Waals surface area contributed by atoms with Crippen molar-refractivity contribution < 1.29 is 19.4 Å². The Morgan fingerprint density at radius 3 is 2.88 bits per heavy atom. The van der Waals surface area contributed by atoms with Gasteiger partial charge in [-0.15, -0.1) is 17.8 Å².